The molecule has 116 valence electrons. The second-order valence-electron chi connectivity index (χ2n) is 5.03. The summed E-state index contributed by atoms with van der Waals surface area (Å²) in [6, 6.07) is 4.06. The summed E-state index contributed by atoms with van der Waals surface area (Å²) in [5.41, 5.74) is 0. The standard InChI is InChI=1S/C14H26N2O2S2/c1-4-15-9-5-6-11-20(17,18)16(3)13(2)12-14-8-7-10-19-14/h7-8,10,13,15H,4-6,9,11-12H2,1-3H3. The van der Waals surface area contributed by atoms with Crippen LogP contribution in [0.5, 0.6) is 0 Å². The van der Waals surface area contributed by atoms with Gasteiger partial charge in [-0.3, -0.25) is 0 Å². The molecule has 0 radical (unpaired) electrons. The molecule has 1 aromatic rings. The van der Waals surface area contributed by atoms with Crippen LogP contribution in [0.3, 0.4) is 0 Å². The van der Waals surface area contributed by atoms with Crippen LogP contribution in [0.1, 0.15) is 31.6 Å². The van der Waals surface area contributed by atoms with Crippen molar-refractivity contribution in [3.63, 3.8) is 0 Å². The van der Waals surface area contributed by atoms with Gasteiger partial charge in [0.15, 0.2) is 0 Å². The van der Waals surface area contributed by atoms with Gasteiger partial charge in [-0.25, -0.2) is 12.7 Å². The molecule has 6 heteroatoms. The maximum absolute atomic E-state index is 12.2. The van der Waals surface area contributed by atoms with E-state index in [0.717, 1.165) is 25.9 Å². The number of hydrogen-bond acceptors (Lipinski definition) is 4. The van der Waals surface area contributed by atoms with Crippen molar-refractivity contribution in [1.29, 1.82) is 0 Å². The van der Waals surface area contributed by atoms with E-state index < -0.39 is 10.0 Å². The van der Waals surface area contributed by atoms with Gasteiger partial charge >= 0.3 is 0 Å². The molecule has 0 fully saturated rings. The van der Waals surface area contributed by atoms with Crippen LogP contribution in [0.25, 0.3) is 0 Å². The Morgan fingerprint density at radius 3 is 2.75 bits per heavy atom. The molecular formula is C14H26N2O2S2. The number of nitrogens with one attached hydrogen (secondary N) is 1. The largest absolute Gasteiger partial charge is 0.317 e. The number of likely N-dealkylation sites (N-methyl/N-ethyl adjacent to an activating group) is 1. The minimum atomic E-state index is -3.14. The average Bonchev–Trinajstić information content (AvgIpc) is 2.90. The summed E-state index contributed by atoms with van der Waals surface area (Å²) in [5.74, 6) is 0.240. The lowest BCUT2D eigenvalue weighted by Crippen LogP contribution is -2.37. The first-order valence-corrected chi connectivity index (χ1v) is 9.65. The van der Waals surface area contributed by atoms with E-state index in [-0.39, 0.29) is 11.8 Å². The minimum absolute atomic E-state index is 0.00687. The van der Waals surface area contributed by atoms with Crippen LogP contribution in [0, 0.1) is 0 Å². The van der Waals surface area contributed by atoms with Crippen LogP contribution in [-0.4, -0.2) is 44.7 Å². The van der Waals surface area contributed by atoms with Gasteiger partial charge in [0.2, 0.25) is 10.0 Å². The zero-order valence-electron chi connectivity index (χ0n) is 12.6. The van der Waals surface area contributed by atoms with Crippen LogP contribution in [0.15, 0.2) is 17.5 Å². The number of hydrogen-bond donors (Lipinski definition) is 1. The quantitative estimate of drug-likeness (QED) is 0.674. The highest BCUT2D eigenvalue weighted by atomic mass is 32.2. The molecule has 1 N–H and O–H groups in total. The molecule has 1 unspecified atom stereocenters. The molecule has 0 aliphatic heterocycles. The molecular weight excluding hydrogens is 292 g/mol. The van der Waals surface area contributed by atoms with Crippen LogP contribution in [0.4, 0.5) is 0 Å². The van der Waals surface area contributed by atoms with Gasteiger partial charge in [0.05, 0.1) is 5.75 Å². The summed E-state index contributed by atoms with van der Waals surface area (Å²) in [7, 11) is -1.45. The summed E-state index contributed by atoms with van der Waals surface area (Å²) in [6.07, 6.45) is 2.40. The molecule has 1 atom stereocenters. The molecule has 0 saturated carbocycles. The first-order chi connectivity index (χ1) is 9.47. The Labute approximate surface area is 127 Å². The number of nitrogens with zero attached hydrogens (tertiary/aromatic N) is 1. The van der Waals surface area contributed by atoms with Crippen molar-refractivity contribution < 1.29 is 8.42 Å². The Kier molecular flexibility index (Phi) is 7.72. The van der Waals surface area contributed by atoms with E-state index in [1.807, 2.05) is 18.4 Å². The highest BCUT2D eigenvalue weighted by molar-refractivity contribution is 7.89. The Bertz CT molecular complexity index is 458. The molecule has 1 rings (SSSR count). The minimum Gasteiger partial charge on any atom is -0.317 e. The van der Waals surface area contributed by atoms with Crippen molar-refractivity contribution in [2.24, 2.45) is 0 Å². The van der Waals surface area contributed by atoms with Crippen molar-refractivity contribution in [3.8, 4) is 0 Å². The fraction of sp³-hybridized carbons (Fsp3) is 0.714. The highest BCUT2D eigenvalue weighted by Crippen LogP contribution is 2.16. The van der Waals surface area contributed by atoms with Gasteiger partial charge in [-0.1, -0.05) is 13.0 Å². The van der Waals surface area contributed by atoms with Gasteiger partial charge in [0, 0.05) is 18.0 Å². The number of unbranched alkanes of at least 4 members (excludes halogenated alkanes) is 1. The molecule has 0 bridgehead atoms. The number of rotatable bonds is 10. The summed E-state index contributed by atoms with van der Waals surface area (Å²) in [6.45, 7) is 5.84. The van der Waals surface area contributed by atoms with E-state index in [1.54, 1.807) is 18.4 Å². The molecule has 4 nitrogen and oxygen atoms in total. The molecule has 20 heavy (non-hydrogen) atoms. The molecule has 0 aromatic carbocycles. The second-order valence-corrected chi connectivity index (χ2v) is 8.21. The molecule has 1 aromatic heterocycles. The lowest BCUT2D eigenvalue weighted by molar-refractivity contribution is 0.387. The Balaban J connectivity index is 2.40. The zero-order chi connectivity index (χ0) is 15.0. The van der Waals surface area contributed by atoms with Crippen molar-refractivity contribution in [3.05, 3.63) is 22.4 Å². The van der Waals surface area contributed by atoms with Crippen molar-refractivity contribution in [1.82, 2.24) is 9.62 Å². The lowest BCUT2D eigenvalue weighted by Gasteiger charge is -2.24. The first-order valence-electron chi connectivity index (χ1n) is 7.16. The van der Waals surface area contributed by atoms with E-state index in [0.29, 0.717) is 6.42 Å². The van der Waals surface area contributed by atoms with Gasteiger partial charge < -0.3 is 5.32 Å². The third kappa shape index (κ3) is 5.91. The van der Waals surface area contributed by atoms with Gasteiger partial charge in [-0.15, -0.1) is 11.3 Å². The third-order valence-electron chi connectivity index (χ3n) is 3.39. The Morgan fingerprint density at radius 2 is 2.15 bits per heavy atom. The van der Waals surface area contributed by atoms with Crippen LogP contribution in [-0.2, 0) is 16.4 Å². The van der Waals surface area contributed by atoms with E-state index in [9.17, 15) is 8.42 Å². The summed E-state index contributed by atoms with van der Waals surface area (Å²) in [4.78, 5) is 1.23. The predicted molar refractivity (Wildman–Crippen MR) is 86.8 cm³/mol. The van der Waals surface area contributed by atoms with Gasteiger partial charge in [-0.05, 0) is 50.7 Å². The third-order valence-corrected chi connectivity index (χ3v) is 6.33. The summed E-state index contributed by atoms with van der Waals surface area (Å²) >= 11 is 1.68. The molecule has 1 heterocycles. The maximum Gasteiger partial charge on any atom is 0.214 e. The molecule has 0 aliphatic rings. The number of thiophene rings is 1. The fourth-order valence-electron chi connectivity index (χ4n) is 1.98. The van der Waals surface area contributed by atoms with Gasteiger partial charge in [-0.2, -0.15) is 0 Å². The van der Waals surface area contributed by atoms with E-state index >= 15 is 0 Å². The number of sulfonamides is 1. The van der Waals surface area contributed by atoms with Gasteiger partial charge in [0.1, 0.15) is 0 Å². The highest BCUT2D eigenvalue weighted by Gasteiger charge is 2.23. The summed E-state index contributed by atoms with van der Waals surface area (Å²) < 4.78 is 26.0. The Hall–Kier alpha value is -0.430. The molecule has 0 saturated heterocycles. The average molecular weight is 319 g/mol. The molecule has 0 spiro atoms. The van der Waals surface area contributed by atoms with Crippen LogP contribution < -0.4 is 5.32 Å². The fourth-order valence-corrected chi connectivity index (χ4v) is 4.28. The van der Waals surface area contributed by atoms with E-state index in [4.69, 9.17) is 0 Å². The SMILES string of the molecule is CCNCCCCS(=O)(=O)N(C)C(C)Cc1cccs1. The molecule has 0 amide bonds. The monoisotopic (exact) mass is 318 g/mol. The van der Waals surface area contributed by atoms with Crippen molar-refractivity contribution >= 4 is 21.4 Å². The van der Waals surface area contributed by atoms with E-state index in [2.05, 4.69) is 18.3 Å². The maximum atomic E-state index is 12.2. The van der Waals surface area contributed by atoms with Crippen LogP contribution in [0.2, 0.25) is 0 Å². The van der Waals surface area contributed by atoms with Gasteiger partial charge in [0.25, 0.3) is 0 Å². The Morgan fingerprint density at radius 1 is 1.40 bits per heavy atom. The smallest absolute Gasteiger partial charge is 0.214 e. The first kappa shape index (κ1) is 17.6. The predicted octanol–water partition coefficient (Wildman–Crippen LogP) is 2.33. The molecule has 0 aliphatic carbocycles. The van der Waals surface area contributed by atoms with E-state index in [1.165, 1.54) is 9.18 Å². The normalized spacial score (nSPS) is 13.8. The second kappa shape index (κ2) is 8.77. The lowest BCUT2D eigenvalue weighted by atomic mass is 10.2. The van der Waals surface area contributed by atoms with Crippen molar-refractivity contribution in [2.75, 3.05) is 25.9 Å². The van der Waals surface area contributed by atoms with Crippen LogP contribution >= 0.6 is 11.3 Å². The zero-order valence-corrected chi connectivity index (χ0v) is 14.3. The van der Waals surface area contributed by atoms with Crippen molar-refractivity contribution in [2.45, 2.75) is 39.2 Å². The topological polar surface area (TPSA) is 49.4 Å². The summed E-state index contributed by atoms with van der Waals surface area (Å²) in [5, 5.41) is 5.23.